The summed E-state index contributed by atoms with van der Waals surface area (Å²) in [5.74, 6) is -0.329. The molecule has 3 N–H and O–H groups in total. The van der Waals surface area contributed by atoms with Crippen molar-refractivity contribution in [2.24, 2.45) is 5.73 Å². The van der Waals surface area contributed by atoms with Gasteiger partial charge in [0.25, 0.3) is 5.91 Å². The number of carbonyl (C=O) groups is 2. The number of hydrogen-bond donors (Lipinski definition) is 2. The summed E-state index contributed by atoms with van der Waals surface area (Å²) in [7, 11) is 0. The first-order valence-electron chi connectivity index (χ1n) is 6.55. The van der Waals surface area contributed by atoms with Crippen LogP contribution in [0.15, 0.2) is 48.5 Å². The molecule has 2 rings (SSSR count). The highest BCUT2D eigenvalue weighted by atomic mass is 16.5. The van der Waals surface area contributed by atoms with Gasteiger partial charge >= 0.3 is 0 Å². The van der Waals surface area contributed by atoms with Crippen molar-refractivity contribution in [3.63, 3.8) is 0 Å². The van der Waals surface area contributed by atoms with Crippen molar-refractivity contribution in [3.05, 3.63) is 59.7 Å². The highest BCUT2D eigenvalue weighted by Crippen LogP contribution is 2.20. The van der Waals surface area contributed by atoms with Gasteiger partial charge in [-0.2, -0.15) is 0 Å². The van der Waals surface area contributed by atoms with E-state index in [9.17, 15) is 9.59 Å². The molecule has 0 fully saturated rings. The van der Waals surface area contributed by atoms with E-state index in [0.29, 0.717) is 29.2 Å². The van der Waals surface area contributed by atoms with Crippen LogP contribution in [0.5, 0.6) is 5.75 Å². The Labute approximate surface area is 122 Å². The van der Waals surface area contributed by atoms with Crippen LogP contribution >= 0.6 is 0 Å². The zero-order chi connectivity index (χ0) is 15.2. The minimum Gasteiger partial charge on any atom is -0.493 e. The lowest BCUT2D eigenvalue weighted by atomic mass is 10.1. The van der Waals surface area contributed by atoms with Crippen molar-refractivity contribution in [3.8, 4) is 5.75 Å². The fourth-order valence-corrected chi connectivity index (χ4v) is 1.88. The number of amides is 2. The highest BCUT2D eigenvalue weighted by Gasteiger charge is 2.12. The molecule has 108 valence electrons. The Morgan fingerprint density at radius 1 is 1.14 bits per heavy atom. The molecule has 0 aromatic heterocycles. The van der Waals surface area contributed by atoms with Crippen LogP contribution in [-0.2, 0) is 0 Å². The normalized spacial score (nSPS) is 9.95. The van der Waals surface area contributed by atoms with Gasteiger partial charge in [0, 0.05) is 11.3 Å². The summed E-state index contributed by atoms with van der Waals surface area (Å²) in [4.78, 5) is 23.4. The van der Waals surface area contributed by atoms with Crippen LogP contribution in [0, 0.1) is 0 Å². The number of rotatable bonds is 5. The third kappa shape index (κ3) is 3.60. The second kappa shape index (κ2) is 6.56. The number of carbonyl (C=O) groups excluding carboxylic acids is 2. The molecule has 0 heterocycles. The SMILES string of the molecule is CCOc1ccccc1C(=O)Nc1cccc(C(N)=O)c1. The summed E-state index contributed by atoms with van der Waals surface area (Å²) >= 11 is 0. The Bertz CT molecular complexity index is 668. The van der Waals surface area contributed by atoms with Crippen molar-refractivity contribution >= 4 is 17.5 Å². The van der Waals surface area contributed by atoms with Gasteiger partial charge in [0.2, 0.25) is 5.91 Å². The minimum atomic E-state index is -0.541. The van der Waals surface area contributed by atoms with Crippen LogP contribution in [0.3, 0.4) is 0 Å². The van der Waals surface area contributed by atoms with Crippen molar-refractivity contribution < 1.29 is 14.3 Å². The molecule has 2 aromatic carbocycles. The monoisotopic (exact) mass is 284 g/mol. The lowest BCUT2D eigenvalue weighted by Crippen LogP contribution is -2.15. The second-order valence-electron chi connectivity index (χ2n) is 4.33. The summed E-state index contributed by atoms with van der Waals surface area (Å²) in [6.07, 6.45) is 0. The Morgan fingerprint density at radius 3 is 2.62 bits per heavy atom. The van der Waals surface area contributed by atoms with Gasteiger partial charge in [-0.1, -0.05) is 18.2 Å². The summed E-state index contributed by atoms with van der Waals surface area (Å²) in [6, 6.07) is 13.4. The molecule has 0 saturated carbocycles. The largest absolute Gasteiger partial charge is 0.493 e. The quantitative estimate of drug-likeness (QED) is 0.884. The van der Waals surface area contributed by atoms with E-state index in [-0.39, 0.29) is 5.91 Å². The first-order valence-corrected chi connectivity index (χ1v) is 6.55. The predicted octanol–water partition coefficient (Wildman–Crippen LogP) is 2.44. The van der Waals surface area contributed by atoms with Crippen molar-refractivity contribution in [2.75, 3.05) is 11.9 Å². The molecular weight excluding hydrogens is 268 g/mol. The van der Waals surface area contributed by atoms with E-state index in [0.717, 1.165) is 0 Å². The molecule has 0 aliphatic carbocycles. The van der Waals surface area contributed by atoms with E-state index in [2.05, 4.69) is 5.32 Å². The number of anilines is 1. The third-order valence-electron chi connectivity index (χ3n) is 2.84. The van der Waals surface area contributed by atoms with Gasteiger partial charge in [0.05, 0.1) is 12.2 Å². The Morgan fingerprint density at radius 2 is 1.90 bits per heavy atom. The van der Waals surface area contributed by atoms with Gasteiger partial charge in [-0.25, -0.2) is 0 Å². The van der Waals surface area contributed by atoms with Crippen LogP contribution < -0.4 is 15.8 Å². The Balaban J connectivity index is 2.22. The fourth-order valence-electron chi connectivity index (χ4n) is 1.88. The van der Waals surface area contributed by atoms with E-state index >= 15 is 0 Å². The zero-order valence-electron chi connectivity index (χ0n) is 11.6. The zero-order valence-corrected chi connectivity index (χ0v) is 11.6. The number of hydrogen-bond acceptors (Lipinski definition) is 3. The molecule has 2 amide bonds. The molecule has 2 aromatic rings. The van der Waals surface area contributed by atoms with E-state index in [1.54, 1.807) is 42.5 Å². The maximum Gasteiger partial charge on any atom is 0.259 e. The molecule has 0 saturated heterocycles. The first kappa shape index (κ1) is 14.6. The molecule has 5 heteroatoms. The molecule has 0 radical (unpaired) electrons. The fraction of sp³-hybridized carbons (Fsp3) is 0.125. The van der Waals surface area contributed by atoms with E-state index in [4.69, 9.17) is 10.5 Å². The lowest BCUT2D eigenvalue weighted by molar-refractivity contribution is 0.0995. The molecule has 0 aliphatic heterocycles. The van der Waals surface area contributed by atoms with Crippen molar-refractivity contribution in [1.29, 1.82) is 0 Å². The van der Waals surface area contributed by atoms with Gasteiger partial charge in [-0.15, -0.1) is 0 Å². The van der Waals surface area contributed by atoms with E-state index in [1.165, 1.54) is 6.07 Å². The van der Waals surface area contributed by atoms with Crippen LogP contribution in [0.25, 0.3) is 0 Å². The average molecular weight is 284 g/mol. The number of benzene rings is 2. The van der Waals surface area contributed by atoms with Crippen LogP contribution in [0.1, 0.15) is 27.6 Å². The van der Waals surface area contributed by atoms with E-state index in [1.807, 2.05) is 6.92 Å². The average Bonchev–Trinajstić information content (AvgIpc) is 2.48. The molecular formula is C16H16N2O3. The van der Waals surface area contributed by atoms with Gasteiger partial charge in [-0.05, 0) is 37.3 Å². The maximum atomic E-state index is 12.3. The van der Waals surface area contributed by atoms with E-state index < -0.39 is 5.91 Å². The summed E-state index contributed by atoms with van der Waals surface area (Å²) in [5.41, 5.74) is 6.49. The second-order valence-corrected chi connectivity index (χ2v) is 4.33. The van der Waals surface area contributed by atoms with Crippen LogP contribution in [-0.4, -0.2) is 18.4 Å². The van der Waals surface area contributed by atoms with Gasteiger partial charge in [0.15, 0.2) is 0 Å². The lowest BCUT2D eigenvalue weighted by Gasteiger charge is -2.10. The number of nitrogens with two attached hydrogens (primary N) is 1. The number of para-hydroxylation sites is 1. The number of nitrogens with one attached hydrogen (secondary N) is 1. The van der Waals surface area contributed by atoms with Gasteiger partial charge in [-0.3, -0.25) is 9.59 Å². The molecule has 0 atom stereocenters. The topological polar surface area (TPSA) is 81.4 Å². The molecule has 0 unspecified atom stereocenters. The number of primary amides is 1. The molecule has 0 bridgehead atoms. The highest BCUT2D eigenvalue weighted by molar-refractivity contribution is 6.06. The first-order chi connectivity index (χ1) is 10.1. The summed E-state index contributed by atoms with van der Waals surface area (Å²) in [5, 5.41) is 2.73. The van der Waals surface area contributed by atoms with Crippen molar-refractivity contribution in [2.45, 2.75) is 6.92 Å². The third-order valence-corrected chi connectivity index (χ3v) is 2.84. The Hall–Kier alpha value is -2.82. The molecule has 0 aliphatic rings. The Kier molecular flexibility index (Phi) is 4.56. The van der Waals surface area contributed by atoms with Crippen LogP contribution in [0.2, 0.25) is 0 Å². The van der Waals surface area contributed by atoms with Gasteiger partial charge < -0.3 is 15.8 Å². The predicted molar refractivity (Wildman–Crippen MR) is 80.5 cm³/mol. The van der Waals surface area contributed by atoms with Gasteiger partial charge in [0.1, 0.15) is 5.75 Å². The number of ether oxygens (including phenoxy) is 1. The molecule has 0 spiro atoms. The molecule has 21 heavy (non-hydrogen) atoms. The summed E-state index contributed by atoms with van der Waals surface area (Å²) in [6.45, 7) is 2.33. The van der Waals surface area contributed by atoms with Crippen LogP contribution in [0.4, 0.5) is 5.69 Å². The smallest absolute Gasteiger partial charge is 0.259 e. The summed E-state index contributed by atoms with van der Waals surface area (Å²) < 4.78 is 5.42. The standard InChI is InChI=1S/C16H16N2O3/c1-2-21-14-9-4-3-8-13(14)16(20)18-12-7-5-6-11(10-12)15(17)19/h3-10H,2H2,1H3,(H2,17,19)(H,18,20). The maximum absolute atomic E-state index is 12.3. The van der Waals surface area contributed by atoms with Crippen molar-refractivity contribution in [1.82, 2.24) is 0 Å². The molecule has 5 nitrogen and oxygen atoms in total. The minimum absolute atomic E-state index is 0.305.